The predicted octanol–water partition coefficient (Wildman–Crippen LogP) is 0.278. The molecule has 1 fully saturated rings. The van der Waals surface area contributed by atoms with E-state index in [1.807, 2.05) is 7.05 Å². The summed E-state index contributed by atoms with van der Waals surface area (Å²) in [6.45, 7) is 3.58. The third kappa shape index (κ3) is 1.07. The van der Waals surface area contributed by atoms with Crippen LogP contribution in [0.4, 0.5) is 0 Å². The number of rotatable bonds is 1. The van der Waals surface area contributed by atoms with Gasteiger partial charge in [0.15, 0.2) is 0 Å². The summed E-state index contributed by atoms with van der Waals surface area (Å²) in [5.74, 6) is 0.236. The summed E-state index contributed by atoms with van der Waals surface area (Å²) in [5, 5.41) is 0. The monoisotopic (exact) mass is 143 g/mol. The van der Waals surface area contributed by atoms with Crippen molar-refractivity contribution in [2.45, 2.75) is 19.8 Å². The molecule has 1 aliphatic rings. The topological polar surface area (TPSA) is 29.1 Å². The molecule has 0 aromatic heterocycles. The van der Waals surface area contributed by atoms with Crippen LogP contribution >= 0.6 is 0 Å². The fourth-order valence-electron chi connectivity index (χ4n) is 1.57. The van der Waals surface area contributed by atoms with E-state index < -0.39 is 0 Å². The summed E-state index contributed by atoms with van der Waals surface area (Å²) in [6, 6.07) is 0. The van der Waals surface area contributed by atoms with Crippen LogP contribution in [0.15, 0.2) is 0 Å². The minimum absolute atomic E-state index is 0.236. The Labute approximate surface area is 61.6 Å². The molecule has 10 heavy (non-hydrogen) atoms. The standard InChI is InChI=1S/C7H15N2O/c1-7(10)9(8-2)5-3-4-6-9/h8H,3-6H2,1-2H3/q+1. The molecule has 0 aromatic carbocycles. The van der Waals surface area contributed by atoms with E-state index in [2.05, 4.69) is 5.43 Å². The Morgan fingerprint density at radius 2 is 1.90 bits per heavy atom. The minimum atomic E-state index is 0.236. The third-order valence-corrected chi connectivity index (χ3v) is 2.36. The highest BCUT2D eigenvalue weighted by molar-refractivity contribution is 5.65. The van der Waals surface area contributed by atoms with Gasteiger partial charge in [0.2, 0.25) is 0 Å². The van der Waals surface area contributed by atoms with E-state index in [-0.39, 0.29) is 5.91 Å². The van der Waals surface area contributed by atoms with Gasteiger partial charge in [-0.1, -0.05) is 0 Å². The summed E-state index contributed by atoms with van der Waals surface area (Å²) < 4.78 is 0.486. The Hall–Kier alpha value is -0.410. The molecule has 0 aliphatic carbocycles. The highest BCUT2D eigenvalue weighted by Crippen LogP contribution is 2.15. The first-order valence-electron chi connectivity index (χ1n) is 3.78. The second-order valence-corrected chi connectivity index (χ2v) is 2.86. The zero-order valence-electron chi connectivity index (χ0n) is 6.68. The lowest BCUT2D eigenvalue weighted by atomic mass is 10.4. The average molecular weight is 143 g/mol. The molecule has 0 radical (unpaired) electrons. The zero-order valence-corrected chi connectivity index (χ0v) is 6.68. The van der Waals surface area contributed by atoms with Crippen molar-refractivity contribution in [2.24, 2.45) is 0 Å². The summed E-state index contributed by atoms with van der Waals surface area (Å²) >= 11 is 0. The van der Waals surface area contributed by atoms with E-state index in [4.69, 9.17) is 0 Å². The van der Waals surface area contributed by atoms with Gasteiger partial charge in [0.05, 0.1) is 6.92 Å². The number of carbonyl (C=O) groups excluding carboxylic acids is 1. The number of nitrogens with one attached hydrogen (secondary N) is 1. The number of amides is 1. The fourth-order valence-corrected chi connectivity index (χ4v) is 1.57. The van der Waals surface area contributed by atoms with Gasteiger partial charge in [-0.3, -0.25) is 0 Å². The van der Waals surface area contributed by atoms with E-state index in [1.165, 1.54) is 12.8 Å². The Kier molecular flexibility index (Phi) is 2.06. The molecular formula is C7H15N2O+. The first-order chi connectivity index (χ1) is 4.71. The van der Waals surface area contributed by atoms with Crippen molar-refractivity contribution in [3.05, 3.63) is 0 Å². The van der Waals surface area contributed by atoms with Crippen molar-refractivity contribution in [1.29, 1.82) is 0 Å². The maximum Gasteiger partial charge on any atom is 0.329 e. The van der Waals surface area contributed by atoms with Crippen molar-refractivity contribution < 1.29 is 9.39 Å². The number of hydrogen-bond acceptors (Lipinski definition) is 2. The lowest BCUT2D eigenvalue weighted by Crippen LogP contribution is -2.57. The van der Waals surface area contributed by atoms with Crippen LogP contribution < -0.4 is 5.43 Å². The van der Waals surface area contributed by atoms with E-state index in [9.17, 15) is 4.79 Å². The van der Waals surface area contributed by atoms with Crippen molar-refractivity contribution in [3.63, 3.8) is 0 Å². The molecule has 3 heteroatoms. The molecule has 1 rings (SSSR count). The number of likely N-dealkylation sites (tertiary alicyclic amines) is 1. The molecule has 0 unspecified atom stereocenters. The molecule has 0 aromatic rings. The Morgan fingerprint density at radius 3 is 2.10 bits per heavy atom. The van der Waals surface area contributed by atoms with E-state index in [0.29, 0.717) is 4.59 Å². The Bertz CT molecular complexity index is 139. The molecule has 1 saturated heterocycles. The Morgan fingerprint density at radius 1 is 1.40 bits per heavy atom. The van der Waals surface area contributed by atoms with Gasteiger partial charge in [-0.15, -0.1) is 0 Å². The maximum absolute atomic E-state index is 11.1. The van der Waals surface area contributed by atoms with Crippen LogP contribution in [0.1, 0.15) is 19.8 Å². The van der Waals surface area contributed by atoms with Crippen molar-refractivity contribution in [1.82, 2.24) is 5.43 Å². The van der Waals surface area contributed by atoms with Gasteiger partial charge in [0.1, 0.15) is 13.1 Å². The molecule has 1 N–H and O–H groups in total. The third-order valence-electron chi connectivity index (χ3n) is 2.36. The quantitative estimate of drug-likeness (QED) is 0.534. The number of nitrogens with zero attached hydrogens (tertiary/aromatic N) is 1. The van der Waals surface area contributed by atoms with Gasteiger partial charge in [-0.2, -0.15) is 10.0 Å². The lowest BCUT2D eigenvalue weighted by molar-refractivity contribution is -0.883. The maximum atomic E-state index is 11.1. The summed E-state index contributed by atoms with van der Waals surface area (Å²) in [5.41, 5.74) is 3.06. The molecule has 0 bridgehead atoms. The molecule has 1 heterocycles. The first-order valence-corrected chi connectivity index (χ1v) is 3.78. The van der Waals surface area contributed by atoms with Crippen LogP contribution in [0.2, 0.25) is 0 Å². The first kappa shape index (κ1) is 7.69. The van der Waals surface area contributed by atoms with E-state index in [0.717, 1.165) is 13.1 Å². The van der Waals surface area contributed by atoms with Crippen molar-refractivity contribution >= 4 is 5.91 Å². The highest BCUT2D eigenvalue weighted by atomic mass is 16.2. The molecule has 0 saturated carbocycles. The van der Waals surface area contributed by atoms with Gasteiger partial charge in [0.25, 0.3) is 0 Å². The van der Waals surface area contributed by atoms with Gasteiger partial charge in [-0.05, 0) is 0 Å². The van der Waals surface area contributed by atoms with Crippen LogP contribution in [0.5, 0.6) is 0 Å². The molecule has 1 amide bonds. The zero-order chi connectivity index (χ0) is 7.61. The second kappa shape index (κ2) is 2.68. The normalized spacial score (nSPS) is 23.0. The van der Waals surface area contributed by atoms with Crippen molar-refractivity contribution in [3.8, 4) is 0 Å². The minimum Gasteiger partial charge on any atom is -0.229 e. The Balaban J connectivity index is 2.67. The molecule has 3 nitrogen and oxygen atoms in total. The van der Waals surface area contributed by atoms with E-state index in [1.54, 1.807) is 6.92 Å². The highest BCUT2D eigenvalue weighted by Gasteiger charge is 2.35. The molecule has 0 spiro atoms. The largest absolute Gasteiger partial charge is 0.329 e. The van der Waals surface area contributed by atoms with Crippen LogP contribution in [0, 0.1) is 0 Å². The predicted molar refractivity (Wildman–Crippen MR) is 39.0 cm³/mol. The summed E-state index contributed by atoms with van der Waals surface area (Å²) in [6.07, 6.45) is 2.33. The smallest absolute Gasteiger partial charge is 0.229 e. The van der Waals surface area contributed by atoms with Gasteiger partial charge < -0.3 is 0 Å². The van der Waals surface area contributed by atoms with Crippen LogP contribution in [-0.4, -0.2) is 30.6 Å². The summed E-state index contributed by atoms with van der Waals surface area (Å²) in [7, 11) is 1.85. The van der Waals surface area contributed by atoms with Crippen LogP contribution in [0.25, 0.3) is 0 Å². The van der Waals surface area contributed by atoms with Gasteiger partial charge in [-0.25, -0.2) is 4.79 Å². The lowest BCUT2D eigenvalue weighted by Gasteiger charge is -2.27. The molecule has 58 valence electrons. The van der Waals surface area contributed by atoms with E-state index >= 15 is 0 Å². The number of hydrogen-bond donors (Lipinski definition) is 1. The SMILES string of the molecule is CN[N+]1(C(C)=O)CCCC1. The molecule has 0 atom stereocenters. The molecular weight excluding hydrogens is 128 g/mol. The fraction of sp³-hybridized carbons (Fsp3) is 0.857. The van der Waals surface area contributed by atoms with Gasteiger partial charge in [0, 0.05) is 19.9 Å². The molecule has 1 aliphatic heterocycles. The summed E-state index contributed by atoms with van der Waals surface area (Å²) in [4.78, 5) is 11.1. The van der Waals surface area contributed by atoms with Crippen molar-refractivity contribution in [2.75, 3.05) is 20.1 Å². The second-order valence-electron chi connectivity index (χ2n) is 2.86. The number of quaternary nitrogens is 1. The van der Waals surface area contributed by atoms with Gasteiger partial charge >= 0.3 is 5.91 Å². The average Bonchev–Trinajstić information content (AvgIpc) is 2.35. The number of carbonyl (C=O) groups is 1. The van der Waals surface area contributed by atoms with Crippen LogP contribution in [0.3, 0.4) is 0 Å². The van der Waals surface area contributed by atoms with Crippen LogP contribution in [-0.2, 0) is 4.79 Å².